The number of halogens is 2. The highest BCUT2D eigenvalue weighted by Gasteiger charge is 2.23. The van der Waals surface area contributed by atoms with Crippen molar-refractivity contribution in [2.24, 2.45) is 0 Å². The topological polar surface area (TPSA) is 49.3 Å². The molecule has 0 spiro atoms. The Hall–Kier alpha value is -1.59. The number of benzene rings is 2. The number of hydrogen-bond acceptors (Lipinski definition) is 2. The number of fused-ring (bicyclic) bond motifs is 1. The van der Waals surface area contributed by atoms with Gasteiger partial charge in [-0.25, -0.2) is 0 Å². The van der Waals surface area contributed by atoms with Crippen molar-refractivity contribution in [3.8, 4) is 5.75 Å². The molecule has 0 saturated heterocycles. The van der Waals surface area contributed by atoms with Gasteiger partial charge in [-0.05, 0) is 75.0 Å². The fraction of sp³-hybridized carbons (Fsp3) is 0.118. The van der Waals surface area contributed by atoms with Crippen LogP contribution in [0.2, 0.25) is 0 Å². The van der Waals surface area contributed by atoms with E-state index in [1.807, 2.05) is 43.3 Å². The monoisotopic (exact) mass is 421 g/mol. The molecule has 2 aromatic carbocycles. The summed E-state index contributed by atoms with van der Waals surface area (Å²) in [5.74, 6) is 0.105. The van der Waals surface area contributed by atoms with Gasteiger partial charge in [-0.2, -0.15) is 0 Å². The van der Waals surface area contributed by atoms with Gasteiger partial charge in [-0.1, -0.05) is 17.7 Å². The van der Waals surface area contributed by atoms with Crippen LogP contribution >= 0.6 is 31.9 Å². The molecule has 5 heteroatoms. The van der Waals surface area contributed by atoms with Crippen LogP contribution in [0.1, 0.15) is 16.7 Å². The van der Waals surface area contributed by atoms with Gasteiger partial charge in [0, 0.05) is 16.8 Å². The van der Waals surface area contributed by atoms with Crippen LogP contribution in [-0.4, -0.2) is 11.0 Å². The Morgan fingerprint density at radius 3 is 2.55 bits per heavy atom. The second-order valence-corrected chi connectivity index (χ2v) is 6.94. The number of aryl methyl sites for hydroxylation is 1. The first-order valence-corrected chi connectivity index (χ1v) is 8.33. The van der Waals surface area contributed by atoms with E-state index in [9.17, 15) is 9.90 Å². The van der Waals surface area contributed by atoms with Crippen LogP contribution in [0.4, 0.5) is 5.69 Å². The highest BCUT2D eigenvalue weighted by atomic mass is 79.9. The first-order valence-electron chi connectivity index (χ1n) is 6.75. The standard InChI is InChI=1S/C17H13Br2NO2/c1-9-2-5-15-12(6-9)11(17(22)20-15)4-3-10-7-13(18)16(21)14(19)8-10/h2,4-8,21H,3H2,1H3,(H,20,22)/b11-4-. The average Bonchev–Trinajstić information content (AvgIpc) is 2.77. The Bertz CT molecular complexity index is 789. The second kappa shape index (κ2) is 5.89. The maximum Gasteiger partial charge on any atom is 0.256 e. The number of aromatic hydroxyl groups is 1. The number of carbonyl (C=O) groups excluding carboxylic acids is 1. The zero-order valence-corrected chi connectivity index (χ0v) is 15.0. The van der Waals surface area contributed by atoms with Gasteiger partial charge in [-0.15, -0.1) is 0 Å². The van der Waals surface area contributed by atoms with Gasteiger partial charge >= 0.3 is 0 Å². The van der Waals surface area contributed by atoms with Gasteiger partial charge in [0.05, 0.1) is 8.95 Å². The molecule has 0 radical (unpaired) electrons. The number of hydrogen-bond donors (Lipinski definition) is 2. The van der Waals surface area contributed by atoms with Crippen LogP contribution in [0.15, 0.2) is 45.4 Å². The Balaban J connectivity index is 1.94. The van der Waals surface area contributed by atoms with E-state index in [-0.39, 0.29) is 11.7 Å². The summed E-state index contributed by atoms with van der Waals surface area (Å²) in [4.78, 5) is 12.1. The molecule has 22 heavy (non-hydrogen) atoms. The molecule has 3 nitrogen and oxygen atoms in total. The highest BCUT2D eigenvalue weighted by Crippen LogP contribution is 2.35. The summed E-state index contributed by atoms with van der Waals surface area (Å²) in [6, 6.07) is 9.62. The van der Waals surface area contributed by atoms with Crippen molar-refractivity contribution in [3.63, 3.8) is 0 Å². The molecular formula is C17H13Br2NO2. The molecular weight excluding hydrogens is 410 g/mol. The predicted octanol–water partition coefficient (Wildman–Crippen LogP) is 4.80. The van der Waals surface area contributed by atoms with Crippen molar-refractivity contribution in [1.82, 2.24) is 0 Å². The van der Waals surface area contributed by atoms with Gasteiger partial charge in [0.25, 0.3) is 5.91 Å². The third-order valence-corrected chi connectivity index (χ3v) is 4.79. The van der Waals surface area contributed by atoms with Crippen LogP contribution in [0.5, 0.6) is 5.75 Å². The fourth-order valence-electron chi connectivity index (χ4n) is 2.46. The van der Waals surface area contributed by atoms with Crippen molar-refractivity contribution >= 4 is 49.0 Å². The third kappa shape index (κ3) is 2.83. The molecule has 0 atom stereocenters. The number of allylic oxidation sites excluding steroid dienone is 1. The number of amides is 1. The van der Waals surface area contributed by atoms with Gasteiger partial charge < -0.3 is 10.4 Å². The Morgan fingerprint density at radius 1 is 1.18 bits per heavy atom. The Kier molecular flexibility index (Phi) is 4.10. The molecule has 0 bridgehead atoms. The summed E-state index contributed by atoms with van der Waals surface area (Å²) in [6.45, 7) is 2.01. The van der Waals surface area contributed by atoms with Crippen molar-refractivity contribution in [3.05, 3.63) is 62.0 Å². The van der Waals surface area contributed by atoms with E-state index in [1.165, 1.54) is 0 Å². The van der Waals surface area contributed by atoms with E-state index in [0.29, 0.717) is 20.9 Å². The largest absolute Gasteiger partial charge is 0.506 e. The van der Waals surface area contributed by atoms with Crippen LogP contribution < -0.4 is 5.32 Å². The van der Waals surface area contributed by atoms with E-state index in [4.69, 9.17) is 0 Å². The second-order valence-electron chi connectivity index (χ2n) is 5.23. The zero-order valence-electron chi connectivity index (χ0n) is 11.8. The minimum atomic E-state index is -0.0718. The Morgan fingerprint density at radius 2 is 1.86 bits per heavy atom. The van der Waals surface area contributed by atoms with Gasteiger partial charge in [-0.3, -0.25) is 4.79 Å². The number of anilines is 1. The summed E-state index contributed by atoms with van der Waals surface area (Å²) in [5, 5.41) is 12.6. The summed E-state index contributed by atoms with van der Waals surface area (Å²) < 4.78 is 1.25. The molecule has 1 amide bonds. The van der Waals surface area contributed by atoms with E-state index in [2.05, 4.69) is 37.2 Å². The van der Waals surface area contributed by atoms with Crippen molar-refractivity contribution in [2.45, 2.75) is 13.3 Å². The number of carbonyl (C=O) groups is 1. The van der Waals surface area contributed by atoms with Crippen LogP contribution in [-0.2, 0) is 11.2 Å². The van der Waals surface area contributed by atoms with Gasteiger partial charge in [0.1, 0.15) is 5.75 Å². The number of nitrogens with one attached hydrogen (secondary N) is 1. The Labute approximate surface area is 145 Å². The first kappa shape index (κ1) is 15.3. The normalized spacial score (nSPS) is 15.0. The first-order chi connectivity index (χ1) is 10.5. The van der Waals surface area contributed by atoms with E-state index in [1.54, 1.807) is 0 Å². The van der Waals surface area contributed by atoms with Crippen LogP contribution in [0.3, 0.4) is 0 Å². The molecule has 0 saturated carbocycles. The maximum absolute atomic E-state index is 12.1. The summed E-state index contributed by atoms with van der Waals surface area (Å²) >= 11 is 6.64. The predicted molar refractivity (Wildman–Crippen MR) is 95.0 cm³/mol. The fourth-order valence-corrected chi connectivity index (χ4v) is 3.74. The molecule has 0 unspecified atom stereocenters. The lowest BCUT2D eigenvalue weighted by Gasteiger charge is -2.05. The molecule has 1 heterocycles. The van der Waals surface area contributed by atoms with Crippen molar-refractivity contribution in [2.75, 3.05) is 5.32 Å². The van der Waals surface area contributed by atoms with Crippen molar-refractivity contribution < 1.29 is 9.90 Å². The lowest BCUT2D eigenvalue weighted by Crippen LogP contribution is -2.04. The molecule has 2 aromatic rings. The SMILES string of the molecule is Cc1ccc2c(c1)/C(=C/Cc1cc(Br)c(O)c(Br)c1)C(=O)N2. The smallest absolute Gasteiger partial charge is 0.256 e. The van der Waals surface area contributed by atoms with Crippen LogP contribution in [0.25, 0.3) is 5.57 Å². The van der Waals surface area contributed by atoms with Crippen molar-refractivity contribution in [1.29, 1.82) is 0 Å². The van der Waals surface area contributed by atoms with E-state index >= 15 is 0 Å². The van der Waals surface area contributed by atoms with E-state index < -0.39 is 0 Å². The molecule has 2 N–H and O–H groups in total. The maximum atomic E-state index is 12.1. The molecule has 0 fully saturated rings. The molecule has 0 aliphatic carbocycles. The average molecular weight is 423 g/mol. The van der Waals surface area contributed by atoms with Gasteiger partial charge in [0.2, 0.25) is 0 Å². The summed E-state index contributed by atoms with van der Waals surface area (Å²) in [5.41, 5.74) is 4.62. The number of phenolic OH excluding ortho intramolecular Hbond substituents is 1. The molecule has 1 aliphatic rings. The number of rotatable bonds is 2. The van der Waals surface area contributed by atoms with E-state index in [0.717, 1.165) is 22.4 Å². The lowest BCUT2D eigenvalue weighted by molar-refractivity contribution is -0.110. The van der Waals surface area contributed by atoms with Crippen LogP contribution in [0, 0.1) is 6.92 Å². The third-order valence-electron chi connectivity index (χ3n) is 3.58. The molecule has 1 aliphatic heterocycles. The highest BCUT2D eigenvalue weighted by molar-refractivity contribution is 9.11. The summed E-state index contributed by atoms with van der Waals surface area (Å²) in [7, 11) is 0. The number of phenols is 1. The molecule has 3 rings (SSSR count). The van der Waals surface area contributed by atoms with Gasteiger partial charge in [0.15, 0.2) is 0 Å². The quantitative estimate of drug-likeness (QED) is 0.682. The minimum absolute atomic E-state index is 0.0718. The summed E-state index contributed by atoms with van der Waals surface area (Å²) in [6.07, 6.45) is 2.53. The zero-order chi connectivity index (χ0) is 15.9. The lowest BCUT2D eigenvalue weighted by atomic mass is 10.0. The molecule has 0 aromatic heterocycles. The molecule has 112 valence electrons. The minimum Gasteiger partial charge on any atom is -0.506 e.